The van der Waals surface area contributed by atoms with Crippen molar-refractivity contribution in [3.63, 3.8) is 0 Å². The van der Waals surface area contributed by atoms with Crippen molar-refractivity contribution in [1.29, 1.82) is 0 Å². The molecule has 1 aliphatic heterocycles. The van der Waals surface area contributed by atoms with E-state index in [2.05, 4.69) is 152 Å². The Morgan fingerprint density at radius 2 is 1.42 bits per heavy atom. The summed E-state index contributed by atoms with van der Waals surface area (Å²) in [4.78, 5) is 12.0. The van der Waals surface area contributed by atoms with E-state index in [0.29, 0.717) is 0 Å². The van der Waals surface area contributed by atoms with Gasteiger partial charge in [0.05, 0.1) is 0 Å². The minimum absolute atomic E-state index is 0. The second-order valence-corrected chi connectivity index (χ2v) is 13.8. The number of hydrogen-bond donors (Lipinski definition) is 0. The van der Waals surface area contributed by atoms with Gasteiger partial charge in [-0.2, -0.15) is 6.07 Å². The normalized spacial score (nSPS) is 12.4. The van der Waals surface area contributed by atoms with Crippen LogP contribution in [0, 0.1) is 12.1 Å². The Morgan fingerprint density at radius 3 is 2.26 bits per heavy atom. The van der Waals surface area contributed by atoms with E-state index in [9.17, 15) is 0 Å². The van der Waals surface area contributed by atoms with Crippen LogP contribution in [0.2, 0.25) is 0 Å². The topological polar surface area (TPSA) is 34.0 Å². The molecule has 0 N–H and O–H groups in total. The molecule has 4 heterocycles. The fraction of sp³-hybridized carbons (Fsp3) is 0.111. The van der Waals surface area contributed by atoms with Crippen LogP contribution in [0.4, 0.5) is 17.1 Å². The van der Waals surface area contributed by atoms with E-state index in [1.807, 2.05) is 30.6 Å². The van der Waals surface area contributed by atoms with E-state index in [4.69, 9.17) is 9.97 Å². The number of anilines is 3. The molecule has 0 radical (unpaired) electrons. The summed E-state index contributed by atoms with van der Waals surface area (Å²) in [7, 11) is 0. The summed E-state index contributed by atoms with van der Waals surface area (Å²) in [6.07, 6.45) is 4.58. The first kappa shape index (κ1) is 31.9. The van der Waals surface area contributed by atoms with Crippen molar-refractivity contribution in [2.75, 3.05) is 4.90 Å². The van der Waals surface area contributed by atoms with E-state index in [-0.39, 0.29) is 26.5 Å². The summed E-state index contributed by atoms with van der Waals surface area (Å²) in [6, 6.07) is 53.0. The average molecular weight is 826 g/mol. The molecule has 0 bridgehead atoms. The van der Waals surface area contributed by atoms with Gasteiger partial charge in [0.15, 0.2) is 0 Å². The summed E-state index contributed by atoms with van der Waals surface area (Å²) in [5, 5.41) is 2.31. The van der Waals surface area contributed by atoms with Crippen molar-refractivity contribution < 1.29 is 21.1 Å². The number of aromatic nitrogens is 3. The maximum Gasteiger partial charge on any atom is 2.00 e. The van der Waals surface area contributed by atoms with Crippen molar-refractivity contribution in [3.05, 3.63) is 169 Å². The molecule has 0 atom stereocenters. The van der Waals surface area contributed by atoms with Crippen LogP contribution in [-0.2, 0) is 32.9 Å². The molecule has 4 nitrogen and oxygen atoms in total. The molecular formula is C45H34N4Pt. The summed E-state index contributed by atoms with van der Waals surface area (Å²) < 4.78 is 2.27. The van der Waals surface area contributed by atoms with E-state index >= 15 is 0 Å². The molecule has 0 fully saturated rings. The Hall–Kier alpha value is -5.31. The first-order chi connectivity index (χ1) is 23.9. The summed E-state index contributed by atoms with van der Waals surface area (Å²) in [5.41, 5.74) is 13.0. The molecule has 0 spiro atoms. The van der Waals surface area contributed by atoms with Crippen molar-refractivity contribution in [2.45, 2.75) is 32.6 Å². The van der Waals surface area contributed by atoms with Crippen molar-refractivity contribution >= 4 is 38.9 Å². The monoisotopic (exact) mass is 825 g/mol. The van der Waals surface area contributed by atoms with Crippen LogP contribution in [0.1, 0.15) is 37.5 Å². The quantitative estimate of drug-likeness (QED) is 0.166. The van der Waals surface area contributed by atoms with E-state index in [0.717, 1.165) is 62.5 Å². The Labute approximate surface area is 307 Å². The number of rotatable bonds is 3. The molecule has 0 amide bonds. The third kappa shape index (κ3) is 5.36. The van der Waals surface area contributed by atoms with Gasteiger partial charge in [-0.15, -0.1) is 41.3 Å². The molecule has 0 saturated heterocycles. The van der Waals surface area contributed by atoms with Gasteiger partial charge in [-0.1, -0.05) is 116 Å². The van der Waals surface area contributed by atoms with Crippen LogP contribution in [0.3, 0.4) is 0 Å². The van der Waals surface area contributed by atoms with Gasteiger partial charge >= 0.3 is 21.1 Å². The number of pyridine rings is 2. The average Bonchev–Trinajstić information content (AvgIpc) is 3.46. The Kier molecular flexibility index (Phi) is 8.01. The third-order valence-electron chi connectivity index (χ3n) is 9.66. The maximum absolute atomic E-state index is 4.92. The van der Waals surface area contributed by atoms with Crippen molar-refractivity contribution in [2.24, 2.45) is 0 Å². The van der Waals surface area contributed by atoms with Gasteiger partial charge in [-0.05, 0) is 75.6 Å². The van der Waals surface area contributed by atoms with Crippen LogP contribution in [0.5, 0.6) is 0 Å². The minimum Gasteiger partial charge on any atom is -0.352 e. The Morgan fingerprint density at radius 1 is 0.640 bits per heavy atom. The molecule has 5 heteroatoms. The Balaban J connectivity index is 0.00000361. The minimum atomic E-state index is -0.0131. The first-order valence-corrected chi connectivity index (χ1v) is 16.8. The third-order valence-corrected chi connectivity index (χ3v) is 9.66. The largest absolute Gasteiger partial charge is 2.00 e. The number of para-hydroxylation sites is 2. The maximum atomic E-state index is 4.92. The van der Waals surface area contributed by atoms with Gasteiger partial charge in [-0.3, -0.25) is 0 Å². The van der Waals surface area contributed by atoms with Gasteiger partial charge in [0.25, 0.3) is 0 Å². The summed E-state index contributed by atoms with van der Waals surface area (Å²) in [5.74, 6) is 0.887. The molecule has 9 rings (SSSR count). The molecular weight excluding hydrogens is 792 g/mol. The number of fused-ring (bicyclic) bond motifs is 7. The van der Waals surface area contributed by atoms with Gasteiger partial charge < -0.3 is 14.5 Å². The predicted octanol–water partition coefficient (Wildman–Crippen LogP) is 11.2. The number of benzene rings is 5. The van der Waals surface area contributed by atoms with Gasteiger partial charge in [-0.25, -0.2) is 4.98 Å². The molecule has 8 aromatic rings. The van der Waals surface area contributed by atoms with Gasteiger partial charge in [0.2, 0.25) is 0 Å². The van der Waals surface area contributed by atoms with E-state index in [1.165, 1.54) is 27.6 Å². The van der Waals surface area contributed by atoms with Crippen LogP contribution < -0.4 is 4.90 Å². The summed E-state index contributed by atoms with van der Waals surface area (Å²) >= 11 is 0. The molecule has 0 saturated carbocycles. The van der Waals surface area contributed by atoms with Crippen molar-refractivity contribution in [1.82, 2.24) is 14.5 Å². The zero-order chi connectivity index (χ0) is 33.1. The van der Waals surface area contributed by atoms with Crippen LogP contribution >= 0.6 is 0 Å². The first-order valence-electron chi connectivity index (χ1n) is 16.8. The molecule has 3 aromatic heterocycles. The predicted molar refractivity (Wildman–Crippen MR) is 201 cm³/mol. The van der Waals surface area contributed by atoms with Gasteiger partial charge in [0.1, 0.15) is 5.82 Å². The SMILES string of the molecule is CC(C)(C)c1ccnc(-n2c3[c-]c(N4c5[c-]c(-c6ccccn6)ccc5-c5ccccc5Cc5ccccc54)ccc3c3ccccc32)c1.[Pt+2]. The number of hydrogen-bond acceptors (Lipinski definition) is 3. The standard InChI is InChI=1S/C45H34N4.Pt/c1-45(2,3)33-23-25-47-44(28-33)49-41-18-9-7-15-36(41)38-22-20-34(29-43(38)49)48-40-17-8-5-13-32(40)26-30-12-4-6-14-35(30)37-21-19-31(27-42(37)48)39-16-10-11-24-46-39;/h4-25,28H,26H2,1-3H3;/q-2;+2. The zero-order valence-electron chi connectivity index (χ0n) is 28.1. The molecule has 50 heavy (non-hydrogen) atoms. The van der Waals surface area contributed by atoms with E-state index in [1.54, 1.807) is 0 Å². The Bertz CT molecular complexity index is 2530. The van der Waals surface area contributed by atoms with Crippen LogP contribution in [0.25, 0.3) is 50.0 Å². The molecule has 5 aromatic carbocycles. The zero-order valence-corrected chi connectivity index (χ0v) is 30.4. The van der Waals surface area contributed by atoms with E-state index < -0.39 is 0 Å². The summed E-state index contributed by atoms with van der Waals surface area (Å²) in [6.45, 7) is 6.73. The van der Waals surface area contributed by atoms with Gasteiger partial charge in [0, 0.05) is 23.6 Å². The second-order valence-electron chi connectivity index (χ2n) is 13.8. The smallest absolute Gasteiger partial charge is 0.352 e. The molecule has 1 aliphatic rings. The molecule has 0 aliphatic carbocycles. The van der Waals surface area contributed by atoms with Crippen LogP contribution in [0.15, 0.2) is 140 Å². The molecule has 0 unspecified atom stereocenters. The second kappa shape index (κ2) is 12.5. The fourth-order valence-corrected chi connectivity index (χ4v) is 7.20. The fourth-order valence-electron chi connectivity index (χ4n) is 7.20. The molecule has 244 valence electrons. The number of nitrogens with zero attached hydrogens (tertiary/aromatic N) is 4. The van der Waals surface area contributed by atoms with Crippen molar-refractivity contribution in [3.8, 4) is 28.2 Å². The van der Waals surface area contributed by atoms with Crippen LogP contribution in [-0.4, -0.2) is 14.5 Å².